The van der Waals surface area contributed by atoms with Gasteiger partial charge in [0.15, 0.2) is 6.20 Å². The van der Waals surface area contributed by atoms with Crippen molar-refractivity contribution in [2.24, 2.45) is 0 Å². The van der Waals surface area contributed by atoms with Crippen LogP contribution in [0, 0.1) is 12.1 Å². The molecule has 0 unspecified atom stereocenters. The van der Waals surface area contributed by atoms with Crippen LogP contribution in [0.15, 0.2) is 48.7 Å². The zero-order chi connectivity index (χ0) is 11.4. The summed E-state index contributed by atoms with van der Waals surface area (Å²) in [6.07, 6.45) is 5.25. The lowest BCUT2D eigenvalue weighted by Crippen LogP contribution is -2.28. The van der Waals surface area contributed by atoms with Gasteiger partial charge in [0, 0.05) is 18.2 Å². The molecule has 0 aliphatic heterocycles. The second-order valence-corrected chi connectivity index (χ2v) is 3.70. The van der Waals surface area contributed by atoms with E-state index in [-0.39, 0.29) is 0 Å². The van der Waals surface area contributed by atoms with E-state index < -0.39 is 0 Å². The third-order valence-corrected chi connectivity index (χ3v) is 2.38. The van der Waals surface area contributed by atoms with E-state index in [1.807, 2.05) is 30.4 Å². The Balaban J connectivity index is 2.21. The quantitative estimate of drug-likeness (QED) is 0.554. The summed E-state index contributed by atoms with van der Waals surface area (Å²) in [7, 11) is 0. The van der Waals surface area contributed by atoms with Gasteiger partial charge in [-0.2, -0.15) is 4.73 Å². The average molecular weight is 211 g/mol. The third-order valence-electron chi connectivity index (χ3n) is 2.38. The van der Waals surface area contributed by atoms with Crippen molar-refractivity contribution in [3.05, 3.63) is 70.7 Å². The van der Waals surface area contributed by atoms with E-state index in [2.05, 4.69) is 19.1 Å². The molecule has 1 heterocycles. The molecular formula is C14H13NO. The normalized spacial score (nSPS) is 10.8. The standard InChI is InChI=1S/C14H13NO/c1-12-5-7-13(8-6-12)9-10-14-4-2-3-11-15(14)16/h2-11H,1H3. The van der Waals surface area contributed by atoms with Gasteiger partial charge in [-0.1, -0.05) is 29.8 Å². The molecule has 0 radical (unpaired) electrons. The smallest absolute Gasteiger partial charge is 0.216 e. The largest absolute Gasteiger partial charge is 0.618 e. The SMILES string of the molecule is Cc1ccc(C=Cc2cccc[n+]2[O-])cc1. The zero-order valence-electron chi connectivity index (χ0n) is 9.13. The minimum atomic E-state index is 0.642. The highest BCUT2D eigenvalue weighted by atomic mass is 16.5. The van der Waals surface area contributed by atoms with Crippen LogP contribution in [-0.4, -0.2) is 0 Å². The molecule has 0 bridgehead atoms. The van der Waals surface area contributed by atoms with Gasteiger partial charge < -0.3 is 5.21 Å². The van der Waals surface area contributed by atoms with Crippen LogP contribution < -0.4 is 4.73 Å². The van der Waals surface area contributed by atoms with Gasteiger partial charge in [0.25, 0.3) is 0 Å². The molecule has 2 aromatic rings. The van der Waals surface area contributed by atoms with Gasteiger partial charge in [-0.05, 0) is 24.6 Å². The predicted octanol–water partition coefficient (Wildman–Crippen LogP) is 2.80. The van der Waals surface area contributed by atoms with Gasteiger partial charge >= 0.3 is 0 Å². The van der Waals surface area contributed by atoms with Gasteiger partial charge in [-0.25, -0.2) is 0 Å². The molecule has 0 saturated carbocycles. The van der Waals surface area contributed by atoms with Crippen LogP contribution in [0.1, 0.15) is 16.8 Å². The van der Waals surface area contributed by atoms with Crippen molar-refractivity contribution in [1.82, 2.24) is 0 Å². The number of aryl methyl sites for hydroxylation is 1. The molecule has 2 nitrogen and oxygen atoms in total. The minimum absolute atomic E-state index is 0.642. The number of aromatic nitrogens is 1. The summed E-state index contributed by atoms with van der Waals surface area (Å²) < 4.78 is 0.852. The maximum Gasteiger partial charge on any atom is 0.216 e. The van der Waals surface area contributed by atoms with Crippen molar-refractivity contribution in [3.63, 3.8) is 0 Å². The van der Waals surface area contributed by atoms with Crippen LogP contribution in [0.5, 0.6) is 0 Å². The van der Waals surface area contributed by atoms with Crippen LogP contribution in [0.25, 0.3) is 12.2 Å². The molecule has 0 aliphatic rings. The molecule has 2 rings (SSSR count). The molecule has 0 N–H and O–H groups in total. The van der Waals surface area contributed by atoms with Crippen LogP contribution in [0.3, 0.4) is 0 Å². The summed E-state index contributed by atoms with van der Waals surface area (Å²) in [6.45, 7) is 2.05. The van der Waals surface area contributed by atoms with E-state index in [0.29, 0.717) is 5.69 Å². The van der Waals surface area contributed by atoms with Crippen LogP contribution in [0.4, 0.5) is 0 Å². The molecule has 0 amide bonds. The van der Waals surface area contributed by atoms with E-state index in [0.717, 1.165) is 10.3 Å². The molecule has 80 valence electrons. The van der Waals surface area contributed by atoms with Crippen LogP contribution >= 0.6 is 0 Å². The predicted molar refractivity (Wildman–Crippen MR) is 65.5 cm³/mol. The van der Waals surface area contributed by atoms with Gasteiger partial charge in [-0.3, -0.25) is 0 Å². The topological polar surface area (TPSA) is 26.9 Å². The number of pyridine rings is 1. The lowest BCUT2D eigenvalue weighted by molar-refractivity contribution is -0.607. The Labute approximate surface area is 95.1 Å². The van der Waals surface area contributed by atoms with Crippen molar-refractivity contribution in [3.8, 4) is 0 Å². The number of benzene rings is 1. The Kier molecular flexibility index (Phi) is 3.01. The summed E-state index contributed by atoms with van der Waals surface area (Å²) >= 11 is 0. The molecule has 0 atom stereocenters. The fourth-order valence-corrected chi connectivity index (χ4v) is 1.43. The van der Waals surface area contributed by atoms with Crippen molar-refractivity contribution >= 4 is 12.2 Å². The molecule has 0 aliphatic carbocycles. The van der Waals surface area contributed by atoms with Crippen molar-refractivity contribution < 1.29 is 4.73 Å². The minimum Gasteiger partial charge on any atom is -0.618 e. The number of hydrogen-bond acceptors (Lipinski definition) is 1. The van der Waals surface area contributed by atoms with Crippen LogP contribution in [-0.2, 0) is 0 Å². The monoisotopic (exact) mass is 211 g/mol. The second-order valence-electron chi connectivity index (χ2n) is 3.70. The zero-order valence-corrected chi connectivity index (χ0v) is 9.13. The third kappa shape index (κ3) is 2.48. The number of rotatable bonds is 2. The summed E-state index contributed by atoms with van der Waals surface area (Å²) in [4.78, 5) is 0. The number of hydrogen-bond donors (Lipinski definition) is 0. The molecule has 1 aromatic heterocycles. The van der Waals surface area contributed by atoms with Crippen molar-refractivity contribution in [2.45, 2.75) is 6.92 Å². The highest BCUT2D eigenvalue weighted by molar-refractivity contribution is 5.66. The molecule has 1 aromatic carbocycles. The first-order chi connectivity index (χ1) is 7.75. The molecular weight excluding hydrogens is 198 g/mol. The summed E-state index contributed by atoms with van der Waals surface area (Å²) in [5.74, 6) is 0. The first-order valence-electron chi connectivity index (χ1n) is 5.19. The highest BCUT2D eigenvalue weighted by Gasteiger charge is 1.96. The Bertz CT molecular complexity index is 500. The Morgan fingerprint density at radius 2 is 1.75 bits per heavy atom. The fourth-order valence-electron chi connectivity index (χ4n) is 1.43. The van der Waals surface area contributed by atoms with Gasteiger partial charge in [0.1, 0.15) is 0 Å². The van der Waals surface area contributed by atoms with Crippen LogP contribution in [0.2, 0.25) is 0 Å². The first-order valence-corrected chi connectivity index (χ1v) is 5.19. The van der Waals surface area contributed by atoms with E-state index in [1.54, 1.807) is 12.1 Å². The van der Waals surface area contributed by atoms with Gasteiger partial charge in [0.05, 0.1) is 0 Å². The summed E-state index contributed by atoms with van der Waals surface area (Å²) in [5.41, 5.74) is 2.97. The van der Waals surface area contributed by atoms with E-state index in [4.69, 9.17) is 0 Å². The molecule has 0 saturated heterocycles. The van der Waals surface area contributed by atoms with Crippen molar-refractivity contribution in [1.29, 1.82) is 0 Å². The van der Waals surface area contributed by atoms with Crippen molar-refractivity contribution in [2.75, 3.05) is 0 Å². The average Bonchev–Trinajstić information content (AvgIpc) is 2.30. The Hall–Kier alpha value is -2.09. The van der Waals surface area contributed by atoms with Gasteiger partial charge in [-0.15, -0.1) is 0 Å². The first kappa shape index (κ1) is 10.4. The van der Waals surface area contributed by atoms with E-state index >= 15 is 0 Å². The lowest BCUT2D eigenvalue weighted by atomic mass is 10.1. The highest BCUT2D eigenvalue weighted by Crippen LogP contribution is 2.07. The maximum atomic E-state index is 11.4. The van der Waals surface area contributed by atoms with Gasteiger partial charge in [0.2, 0.25) is 5.69 Å². The summed E-state index contributed by atoms with van der Waals surface area (Å²) in [5, 5.41) is 11.4. The Morgan fingerprint density at radius 3 is 2.44 bits per heavy atom. The second kappa shape index (κ2) is 4.62. The Morgan fingerprint density at radius 1 is 1.00 bits per heavy atom. The molecule has 0 spiro atoms. The molecule has 2 heteroatoms. The number of nitrogens with zero attached hydrogens (tertiary/aromatic N) is 1. The van der Waals surface area contributed by atoms with E-state index in [9.17, 15) is 5.21 Å². The maximum absolute atomic E-state index is 11.4. The summed E-state index contributed by atoms with van der Waals surface area (Å²) in [6, 6.07) is 13.5. The lowest BCUT2D eigenvalue weighted by Gasteiger charge is -1.98. The van der Waals surface area contributed by atoms with E-state index in [1.165, 1.54) is 11.8 Å². The molecule has 16 heavy (non-hydrogen) atoms. The fraction of sp³-hybridized carbons (Fsp3) is 0.0714. The molecule has 0 fully saturated rings.